The van der Waals surface area contributed by atoms with E-state index in [0.717, 1.165) is 54.7 Å². The molecule has 5 aromatic rings. The van der Waals surface area contributed by atoms with Gasteiger partial charge in [0.15, 0.2) is 5.72 Å². The number of carbonyl (C=O) groups is 1. The average Bonchev–Trinajstić information content (AvgIpc) is 3.51. The number of carbonyl (C=O) groups excluding carboxylic acids is 1. The van der Waals surface area contributed by atoms with E-state index in [9.17, 15) is 4.79 Å². The van der Waals surface area contributed by atoms with E-state index < -0.39 is 5.72 Å². The SMILES string of the molecule is CN[C@H]1[C@H](OC)CC2O[C@]1(C)n1c3ccccc3c3c4c(c5c6ccccc6n2c5c31)C(=O)NC4. The first kappa shape index (κ1) is 19.9. The van der Waals surface area contributed by atoms with Crippen molar-refractivity contribution in [1.29, 1.82) is 0 Å². The number of methoxy groups -OCH3 is 1. The zero-order chi connectivity index (χ0) is 23.6. The van der Waals surface area contributed by atoms with Gasteiger partial charge >= 0.3 is 0 Å². The molecule has 2 bridgehead atoms. The number of para-hydroxylation sites is 2. The zero-order valence-electron chi connectivity index (χ0n) is 19.9. The molecule has 3 aliphatic heterocycles. The van der Waals surface area contributed by atoms with Gasteiger partial charge in [0.05, 0.1) is 39.8 Å². The Morgan fingerprint density at radius 2 is 1.77 bits per heavy atom. The van der Waals surface area contributed by atoms with Crippen LogP contribution in [-0.4, -0.2) is 41.3 Å². The number of hydrogen-bond acceptors (Lipinski definition) is 4. The first-order chi connectivity index (χ1) is 17.1. The van der Waals surface area contributed by atoms with Crippen molar-refractivity contribution in [3.63, 3.8) is 0 Å². The monoisotopic (exact) mass is 466 g/mol. The van der Waals surface area contributed by atoms with Crippen LogP contribution in [0, 0.1) is 0 Å². The van der Waals surface area contributed by atoms with Gasteiger partial charge < -0.3 is 29.2 Å². The summed E-state index contributed by atoms with van der Waals surface area (Å²) >= 11 is 0. The van der Waals surface area contributed by atoms with E-state index in [1.165, 1.54) is 0 Å². The van der Waals surface area contributed by atoms with Gasteiger partial charge in [0.1, 0.15) is 6.23 Å². The Balaban J connectivity index is 1.72. The molecule has 8 rings (SSSR count). The lowest BCUT2D eigenvalue weighted by molar-refractivity contribution is -0.236. The summed E-state index contributed by atoms with van der Waals surface area (Å²) in [5, 5.41) is 11.1. The van der Waals surface area contributed by atoms with Crippen LogP contribution >= 0.6 is 0 Å². The van der Waals surface area contributed by atoms with E-state index in [1.807, 2.05) is 7.05 Å². The first-order valence-electron chi connectivity index (χ1n) is 12.3. The van der Waals surface area contributed by atoms with Crippen LogP contribution in [0.3, 0.4) is 0 Å². The Kier molecular flexibility index (Phi) is 3.65. The van der Waals surface area contributed by atoms with Crippen LogP contribution in [-0.2, 0) is 21.7 Å². The summed E-state index contributed by atoms with van der Waals surface area (Å²) in [7, 11) is 3.77. The van der Waals surface area contributed by atoms with Crippen molar-refractivity contribution >= 4 is 49.5 Å². The molecule has 1 amide bonds. The lowest BCUT2D eigenvalue weighted by Gasteiger charge is -2.48. The third-order valence-electron chi connectivity index (χ3n) is 8.62. The zero-order valence-corrected chi connectivity index (χ0v) is 19.9. The molecule has 7 nitrogen and oxygen atoms in total. The van der Waals surface area contributed by atoms with Crippen LogP contribution in [0.15, 0.2) is 48.5 Å². The third-order valence-corrected chi connectivity index (χ3v) is 8.62. The molecule has 2 aromatic heterocycles. The van der Waals surface area contributed by atoms with Gasteiger partial charge in [-0.15, -0.1) is 0 Å². The van der Waals surface area contributed by atoms with Gasteiger partial charge in [0, 0.05) is 41.6 Å². The highest BCUT2D eigenvalue weighted by molar-refractivity contribution is 6.31. The summed E-state index contributed by atoms with van der Waals surface area (Å²) in [6.45, 7) is 2.71. The van der Waals surface area contributed by atoms with Gasteiger partial charge in [0.25, 0.3) is 5.91 Å². The minimum Gasteiger partial charge on any atom is -0.379 e. The summed E-state index contributed by atoms with van der Waals surface area (Å²) in [4.78, 5) is 13.3. The van der Waals surface area contributed by atoms with E-state index in [0.29, 0.717) is 13.0 Å². The van der Waals surface area contributed by atoms with Crippen LogP contribution in [0.2, 0.25) is 0 Å². The molecule has 0 spiro atoms. The molecule has 1 unspecified atom stereocenters. The Morgan fingerprint density at radius 3 is 2.51 bits per heavy atom. The van der Waals surface area contributed by atoms with Crippen molar-refractivity contribution in [2.75, 3.05) is 14.2 Å². The van der Waals surface area contributed by atoms with Crippen molar-refractivity contribution in [1.82, 2.24) is 19.8 Å². The molecule has 2 N–H and O–H groups in total. The fourth-order valence-electron chi connectivity index (χ4n) is 7.35. The van der Waals surface area contributed by atoms with E-state index >= 15 is 0 Å². The molecule has 3 aliphatic rings. The Bertz CT molecular complexity index is 1750. The molecule has 7 heteroatoms. The third kappa shape index (κ3) is 2.12. The topological polar surface area (TPSA) is 69.5 Å². The van der Waals surface area contributed by atoms with Gasteiger partial charge in [-0.25, -0.2) is 0 Å². The molecule has 1 fully saturated rings. The van der Waals surface area contributed by atoms with Crippen molar-refractivity contribution in [3.8, 4) is 0 Å². The predicted octanol–water partition coefficient (Wildman–Crippen LogP) is 4.35. The fraction of sp³-hybridized carbons (Fsp3) is 0.321. The Labute approximate surface area is 201 Å². The lowest BCUT2D eigenvalue weighted by Crippen LogP contribution is -2.61. The van der Waals surface area contributed by atoms with Gasteiger partial charge in [-0.2, -0.15) is 0 Å². The standard InChI is InChI=1S/C28H26N4O3/c1-28-26(29-2)19(34-3)12-20(35-28)31-17-10-6-4-8-14(17)22-23-16(13-30-27(23)33)21-15-9-5-7-11-18(15)32(28)25(21)24(22)31/h4-11,19-20,26,29H,12-13H2,1-3H3,(H,30,33)/t19-,20?,26+,28+/m1/s1. The molecule has 1 saturated heterocycles. The second-order valence-corrected chi connectivity index (χ2v) is 10.1. The van der Waals surface area contributed by atoms with Crippen LogP contribution in [0.1, 0.15) is 35.5 Å². The summed E-state index contributed by atoms with van der Waals surface area (Å²) in [6.07, 6.45) is 0.417. The largest absolute Gasteiger partial charge is 0.379 e. The van der Waals surface area contributed by atoms with Crippen LogP contribution in [0.4, 0.5) is 0 Å². The van der Waals surface area contributed by atoms with Crippen molar-refractivity contribution in [3.05, 3.63) is 59.7 Å². The van der Waals surface area contributed by atoms with Crippen LogP contribution in [0.25, 0.3) is 43.6 Å². The summed E-state index contributed by atoms with van der Waals surface area (Å²) in [6, 6.07) is 16.8. The number of rotatable bonds is 2. The van der Waals surface area contributed by atoms with Crippen LogP contribution < -0.4 is 10.6 Å². The van der Waals surface area contributed by atoms with Gasteiger partial charge in [0.2, 0.25) is 0 Å². The molecule has 35 heavy (non-hydrogen) atoms. The van der Waals surface area contributed by atoms with Gasteiger partial charge in [-0.05, 0) is 31.7 Å². The molecule has 0 radical (unpaired) electrons. The smallest absolute Gasteiger partial charge is 0.252 e. The van der Waals surface area contributed by atoms with E-state index in [-0.39, 0.29) is 24.3 Å². The molecule has 4 atom stereocenters. The number of benzene rings is 3. The first-order valence-corrected chi connectivity index (χ1v) is 12.3. The molecule has 0 saturated carbocycles. The molecule has 176 valence electrons. The number of ether oxygens (including phenoxy) is 2. The molecular formula is C28H26N4O3. The van der Waals surface area contributed by atoms with E-state index in [4.69, 9.17) is 9.47 Å². The number of aromatic nitrogens is 2. The normalized spacial score (nSPS) is 27.3. The summed E-state index contributed by atoms with van der Waals surface area (Å²) in [5.74, 6) is 0.00357. The minimum atomic E-state index is -0.711. The quantitative estimate of drug-likeness (QED) is 0.406. The maximum atomic E-state index is 13.3. The van der Waals surface area contributed by atoms with Gasteiger partial charge in [-0.3, -0.25) is 4.79 Å². The molecule has 3 aromatic carbocycles. The highest BCUT2D eigenvalue weighted by Crippen LogP contribution is 2.53. The predicted molar refractivity (Wildman–Crippen MR) is 136 cm³/mol. The van der Waals surface area contributed by atoms with Crippen molar-refractivity contribution < 1.29 is 14.3 Å². The van der Waals surface area contributed by atoms with E-state index in [2.05, 4.69) is 75.2 Å². The van der Waals surface area contributed by atoms with Gasteiger partial charge in [-0.1, -0.05) is 36.4 Å². The molecule has 5 heterocycles. The average molecular weight is 467 g/mol. The Hall–Kier alpha value is -3.39. The fourth-order valence-corrected chi connectivity index (χ4v) is 7.35. The number of hydrogen-bond donors (Lipinski definition) is 2. The molecular weight excluding hydrogens is 440 g/mol. The molecule has 0 aliphatic carbocycles. The second-order valence-electron chi connectivity index (χ2n) is 10.1. The number of fused-ring (bicyclic) bond motifs is 13. The van der Waals surface area contributed by atoms with Crippen molar-refractivity contribution in [2.24, 2.45) is 0 Å². The maximum Gasteiger partial charge on any atom is 0.252 e. The van der Waals surface area contributed by atoms with E-state index in [1.54, 1.807) is 7.11 Å². The highest BCUT2D eigenvalue weighted by Gasteiger charge is 2.52. The number of amides is 1. The lowest BCUT2D eigenvalue weighted by atomic mass is 9.92. The highest BCUT2D eigenvalue weighted by atomic mass is 16.6. The number of likely N-dealkylation sites (N-methyl/N-ethyl adjacent to an activating group) is 1. The summed E-state index contributed by atoms with van der Waals surface area (Å²) < 4.78 is 17.9. The van der Waals surface area contributed by atoms with Crippen molar-refractivity contribution in [2.45, 2.75) is 44.0 Å². The van der Waals surface area contributed by atoms with Crippen LogP contribution in [0.5, 0.6) is 0 Å². The minimum absolute atomic E-state index is 0.00357. The Morgan fingerprint density at radius 1 is 1.06 bits per heavy atom. The maximum absolute atomic E-state index is 13.3. The summed E-state index contributed by atoms with van der Waals surface area (Å²) in [5.41, 5.74) is 5.58. The number of nitrogens with zero attached hydrogens (tertiary/aromatic N) is 2. The second kappa shape index (κ2) is 6.43. The number of nitrogens with one attached hydrogen (secondary N) is 2.